The molecule has 0 saturated carbocycles. The van der Waals surface area contributed by atoms with Crippen molar-refractivity contribution in [1.82, 2.24) is 5.32 Å². The standard InChI is InChI=1S/C15H23N2O2P/c1-3-12-10-14(19-13-6-8-16-9-7-13)4-5-15(12)17(20)11(2)18/h4-5,10,13,16H,3,6-9,20H2,1-2H3. The first-order valence-electron chi connectivity index (χ1n) is 7.17. The van der Waals surface area contributed by atoms with Gasteiger partial charge in [0.05, 0.1) is 5.69 Å². The van der Waals surface area contributed by atoms with Gasteiger partial charge in [0, 0.05) is 6.92 Å². The zero-order valence-electron chi connectivity index (χ0n) is 12.2. The Hall–Kier alpha value is -1.12. The van der Waals surface area contributed by atoms with Crippen molar-refractivity contribution in [1.29, 1.82) is 0 Å². The Bertz CT molecular complexity index is 473. The summed E-state index contributed by atoms with van der Waals surface area (Å²) < 4.78 is 7.65. The van der Waals surface area contributed by atoms with Crippen LogP contribution in [0.25, 0.3) is 0 Å². The Balaban J connectivity index is 2.13. The molecule has 4 nitrogen and oxygen atoms in total. The number of carbonyl (C=O) groups is 1. The van der Waals surface area contributed by atoms with E-state index in [1.54, 1.807) is 11.6 Å². The van der Waals surface area contributed by atoms with Gasteiger partial charge < -0.3 is 10.1 Å². The lowest BCUT2D eigenvalue weighted by molar-refractivity contribution is -0.115. The summed E-state index contributed by atoms with van der Waals surface area (Å²) in [5.74, 6) is 0.913. The number of benzene rings is 1. The summed E-state index contributed by atoms with van der Waals surface area (Å²) in [6.07, 6.45) is 3.27. The third-order valence-corrected chi connectivity index (χ3v) is 4.26. The highest BCUT2D eigenvalue weighted by Crippen LogP contribution is 2.29. The maximum atomic E-state index is 11.5. The second kappa shape index (κ2) is 7.05. The molecule has 1 aliphatic rings. The van der Waals surface area contributed by atoms with E-state index < -0.39 is 0 Å². The number of anilines is 1. The molecular weight excluding hydrogens is 271 g/mol. The summed E-state index contributed by atoms with van der Waals surface area (Å²) in [7, 11) is 2.47. The highest BCUT2D eigenvalue weighted by Gasteiger charge is 2.16. The molecule has 0 spiro atoms. The zero-order chi connectivity index (χ0) is 14.5. The van der Waals surface area contributed by atoms with Gasteiger partial charge >= 0.3 is 0 Å². The van der Waals surface area contributed by atoms with Crippen LogP contribution in [0.15, 0.2) is 18.2 Å². The molecule has 0 bridgehead atoms. The molecular formula is C15H23N2O2P. The Morgan fingerprint density at radius 3 is 2.75 bits per heavy atom. The van der Waals surface area contributed by atoms with E-state index in [9.17, 15) is 4.79 Å². The maximum Gasteiger partial charge on any atom is 0.226 e. The Kier molecular flexibility index (Phi) is 5.38. The van der Waals surface area contributed by atoms with Gasteiger partial charge in [-0.05, 0) is 65.5 Å². The van der Waals surface area contributed by atoms with Gasteiger partial charge in [0.25, 0.3) is 0 Å². The summed E-state index contributed by atoms with van der Waals surface area (Å²) in [5, 5.41) is 3.33. The average molecular weight is 294 g/mol. The molecule has 1 aromatic carbocycles. The van der Waals surface area contributed by atoms with Crippen LogP contribution in [0.1, 0.15) is 32.3 Å². The predicted molar refractivity (Wildman–Crippen MR) is 85.2 cm³/mol. The van der Waals surface area contributed by atoms with Crippen molar-refractivity contribution in [2.45, 2.75) is 39.2 Å². The summed E-state index contributed by atoms with van der Waals surface area (Å²) in [6, 6.07) is 5.97. The van der Waals surface area contributed by atoms with Crippen LogP contribution in [0.2, 0.25) is 0 Å². The molecule has 110 valence electrons. The third kappa shape index (κ3) is 3.71. The van der Waals surface area contributed by atoms with Crippen LogP contribution in [-0.2, 0) is 11.2 Å². The van der Waals surface area contributed by atoms with E-state index in [1.807, 2.05) is 12.1 Å². The average Bonchev–Trinajstić information content (AvgIpc) is 2.47. The Labute approximate surface area is 123 Å². The van der Waals surface area contributed by atoms with Crippen molar-refractivity contribution in [2.24, 2.45) is 0 Å². The quantitative estimate of drug-likeness (QED) is 0.868. The SMILES string of the molecule is CCc1cc(OC2CCNCC2)ccc1N(P)C(C)=O. The van der Waals surface area contributed by atoms with Crippen molar-refractivity contribution in [2.75, 3.05) is 17.8 Å². The number of amides is 1. The van der Waals surface area contributed by atoms with Gasteiger partial charge in [0.2, 0.25) is 5.91 Å². The lowest BCUT2D eigenvalue weighted by Gasteiger charge is -2.25. The Morgan fingerprint density at radius 1 is 1.45 bits per heavy atom. The molecule has 0 aromatic heterocycles. The van der Waals surface area contributed by atoms with E-state index in [1.165, 1.54) is 0 Å². The molecule has 1 saturated heterocycles. The highest BCUT2D eigenvalue weighted by atomic mass is 31.0. The normalized spacial score (nSPS) is 15.9. The first kappa shape index (κ1) is 15.3. The lowest BCUT2D eigenvalue weighted by Crippen LogP contribution is -2.34. The summed E-state index contributed by atoms with van der Waals surface area (Å²) in [6.45, 7) is 5.69. The largest absolute Gasteiger partial charge is 0.490 e. The highest BCUT2D eigenvalue weighted by molar-refractivity contribution is 7.21. The minimum atomic E-state index is 0.0109. The third-order valence-electron chi connectivity index (χ3n) is 3.62. The van der Waals surface area contributed by atoms with Gasteiger partial charge in [-0.2, -0.15) is 0 Å². The van der Waals surface area contributed by atoms with Gasteiger partial charge in [0.1, 0.15) is 11.9 Å². The van der Waals surface area contributed by atoms with E-state index in [2.05, 4.69) is 27.7 Å². The van der Waals surface area contributed by atoms with Crippen LogP contribution >= 0.6 is 9.39 Å². The number of nitrogens with one attached hydrogen (secondary N) is 1. The van der Waals surface area contributed by atoms with Gasteiger partial charge in [0.15, 0.2) is 0 Å². The molecule has 1 N–H and O–H groups in total. The second-order valence-corrected chi connectivity index (χ2v) is 5.62. The van der Waals surface area contributed by atoms with E-state index >= 15 is 0 Å². The maximum absolute atomic E-state index is 11.5. The van der Waals surface area contributed by atoms with Crippen molar-refractivity contribution >= 4 is 21.0 Å². The first-order valence-corrected chi connectivity index (χ1v) is 7.69. The fraction of sp³-hybridized carbons (Fsp3) is 0.533. The molecule has 0 aliphatic carbocycles. The fourth-order valence-corrected chi connectivity index (χ4v) is 2.68. The number of ether oxygens (including phenoxy) is 1. The number of piperidine rings is 1. The van der Waals surface area contributed by atoms with Crippen LogP contribution in [0.3, 0.4) is 0 Å². The van der Waals surface area contributed by atoms with Crippen LogP contribution in [0, 0.1) is 0 Å². The van der Waals surface area contributed by atoms with Crippen molar-refractivity contribution < 1.29 is 9.53 Å². The molecule has 20 heavy (non-hydrogen) atoms. The number of carbonyl (C=O) groups excluding carboxylic acids is 1. The topological polar surface area (TPSA) is 41.6 Å². The number of hydrogen-bond donors (Lipinski definition) is 1. The molecule has 1 fully saturated rings. The monoisotopic (exact) mass is 294 g/mol. The molecule has 0 radical (unpaired) electrons. The molecule has 1 aliphatic heterocycles. The van der Waals surface area contributed by atoms with Gasteiger partial charge in [-0.25, -0.2) is 0 Å². The summed E-state index contributed by atoms with van der Waals surface area (Å²) in [5.41, 5.74) is 2.06. The van der Waals surface area contributed by atoms with Crippen LogP contribution in [0.4, 0.5) is 5.69 Å². The summed E-state index contributed by atoms with van der Waals surface area (Å²) in [4.78, 5) is 11.5. The van der Waals surface area contributed by atoms with Gasteiger partial charge in [-0.3, -0.25) is 9.46 Å². The van der Waals surface area contributed by atoms with Crippen molar-refractivity contribution in [3.8, 4) is 5.75 Å². The van der Waals surface area contributed by atoms with Crippen molar-refractivity contribution in [3.05, 3.63) is 23.8 Å². The number of hydrogen-bond acceptors (Lipinski definition) is 3. The minimum Gasteiger partial charge on any atom is -0.490 e. The number of rotatable bonds is 4. The zero-order valence-corrected chi connectivity index (χ0v) is 13.3. The van der Waals surface area contributed by atoms with Crippen molar-refractivity contribution in [3.63, 3.8) is 0 Å². The molecule has 1 amide bonds. The number of nitrogens with zero attached hydrogens (tertiary/aromatic N) is 1. The molecule has 1 unspecified atom stereocenters. The fourth-order valence-electron chi connectivity index (χ4n) is 2.43. The molecule has 1 heterocycles. The van der Waals surface area contributed by atoms with Crippen LogP contribution in [0.5, 0.6) is 5.75 Å². The lowest BCUT2D eigenvalue weighted by atomic mass is 10.1. The summed E-state index contributed by atoms with van der Waals surface area (Å²) >= 11 is 0. The predicted octanol–water partition coefficient (Wildman–Crippen LogP) is 2.52. The van der Waals surface area contributed by atoms with E-state index in [0.717, 1.165) is 49.4 Å². The molecule has 1 aromatic rings. The smallest absolute Gasteiger partial charge is 0.226 e. The van der Waals surface area contributed by atoms with Gasteiger partial charge in [-0.1, -0.05) is 6.92 Å². The molecule has 5 heteroatoms. The van der Waals surface area contributed by atoms with E-state index in [0.29, 0.717) is 6.10 Å². The second-order valence-electron chi connectivity index (χ2n) is 5.10. The Morgan fingerprint density at radius 2 is 2.15 bits per heavy atom. The van der Waals surface area contributed by atoms with E-state index in [4.69, 9.17) is 4.74 Å². The first-order chi connectivity index (χ1) is 9.61. The van der Waals surface area contributed by atoms with Crippen LogP contribution in [-0.4, -0.2) is 25.1 Å². The van der Waals surface area contributed by atoms with Gasteiger partial charge in [-0.15, -0.1) is 0 Å². The van der Waals surface area contributed by atoms with Crippen LogP contribution < -0.4 is 14.7 Å². The molecule has 1 atom stereocenters. The number of aryl methyl sites for hydroxylation is 1. The minimum absolute atomic E-state index is 0.0109. The molecule has 2 rings (SSSR count). The van der Waals surface area contributed by atoms with E-state index in [-0.39, 0.29) is 5.91 Å².